The molecule has 0 saturated carbocycles. The number of para-hydroxylation sites is 1. The first kappa shape index (κ1) is 21.6. The number of rotatable bonds is 9. The van der Waals surface area contributed by atoms with Gasteiger partial charge in [0, 0.05) is 6.07 Å². The zero-order valence-corrected chi connectivity index (χ0v) is 17.3. The lowest BCUT2D eigenvalue weighted by Crippen LogP contribution is -2.44. The molecule has 2 aromatic carbocycles. The van der Waals surface area contributed by atoms with Gasteiger partial charge in [-0.3, -0.25) is 9.10 Å². The van der Waals surface area contributed by atoms with Crippen molar-refractivity contribution in [2.24, 2.45) is 0 Å². The highest BCUT2D eigenvalue weighted by molar-refractivity contribution is 7.92. The number of carbonyl (C=O) groups excluding carboxylic acids is 1. The molecule has 0 saturated heterocycles. The minimum atomic E-state index is -3.65. The number of amides is 1. The van der Waals surface area contributed by atoms with Gasteiger partial charge in [0.2, 0.25) is 15.9 Å². The van der Waals surface area contributed by atoms with Gasteiger partial charge in [0.1, 0.15) is 24.7 Å². The number of hydrogen-bond donors (Lipinski definition) is 1. The van der Waals surface area contributed by atoms with Crippen molar-refractivity contribution in [2.75, 3.05) is 30.8 Å². The first-order valence-corrected chi connectivity index (χ1v) is 10.6. The number of aryl methyl sites for hydroxylation is 1. The fourth-order valence-electron chi connectivity index (χ4n) is 2.59. The third-order valence-electron chi connectivity index (χ3n) is 4.02. The Morgan fingerprint density at radius 1 is 1.18 bits per heavy atom. The number of nitrogens with zero attached hydrogens (tertiary/aromatic N) is 1. The molecule has 0 spiro atoms. The van der Waals surface area contributed by atoms with E-state index in [0.29, 0.717) is 11.4 Å². The van der Waals surface area contributed by atoms with Crippen LogP contribution >= 0.6 is 0 Å². The number of benzene rings is 2. The van der Waals surface area contributed by atoms with E-state index in [4.69, 9.17) is 9.47 Å². The van der Waals surface area contributed by atoms with Crippen molar-refractivity contribution in [3.63, 3.8) is 0 Å². The zero-order valence-electron chi connectivity index (χ0n) is 16.5. The smallest absolute Gasteiger partial charge is 0.241 e. The van der Waals surface area contributed by atoms with Gasteiger partial charge in [0.25, 0.3) is 0 Å². The Kier molecular flexibility index (Phi) is 7.28. The Morgan fingerprint density at radius 3 is 2.54 bits per heavy atom. The summed E-state index contributed by atoms with van der Waals surface area (Å²) in [7, 11) is -2.16. The average Bonchev–Trinajstić information content (AvgIpc) is 2.64. The summed E-state index contributed by atoms with van der Waals surface area (Å²) in [5.74, 6) is 0.832. The third kappa shape index (κ3) is 6.16. The Labute approximate surface area is 166 Å². The fourth-order valence-corrected chi connectivity index (χ4v) is 3.44. The third-order valence-corrected chi connectivity index (χ3v) is 5.16. The molecule has 152 valence electrons. The van der Waals surface area contributed by atoms with Crippen LogP contribution in [0.15, 0.2) is 48.5 Å². The van der Waals surface area contributed by atoms with E-state index in [0.717, 1.165) is 21.9 Å². The number of carbonyl (C=O) groups is 1. The van der Waals surface area contributed by atoms with Crippen LogP contribution in [0.25, 0.3) is 0 Å². The van der Waals surface area contributed by atoms with Gasteiger partial charge in [0.05, 0.1) is 25.1 Å². The van der Waals surface area contributed by atoms with Crippen molar-refractivity contribution in [3.05, 3.63) is 54.1 Å². The molecule has 0 aromatic heterocycles. The monoisotopic (exact) mass is 406 g/mol. The largest absolute Gasteiger partial charge is 0.497 e. The van der Waals surface area contributed by atoms with Gasteiger partial charge in [-0.15, -0.1) is 0 Å². The minimum absolute atomic E-state index is 0.272. The van der Waals surface area contributed by atoms with Crippen molar-refractivity contribution in [1.29, 1.82) is 0 Å². The lowest BCUT2D eigenvalue weighted by Gasteiger charge is -2.23. The lowest BCUT2D eigenvalue weighted by molar-refractivity contribution is -0.120. The standard InChI is InChI=1S/C20H26N2O5S/c1-15-8-5-6-11-19(15)27-14-16(2)21-20(23)13-22(28(4,24)25)17-9-7-10-18(12-17)26-3/h5-12,16H,13-14H2,1-4H3,(H,21,23)/t16-/m0/s1. The Balaban J connectivity index is 2.00. The predicted molar refractivity (Wildman–Crippen MR) is 109 cm³/mol. The van der Waals surface area contributed by atoms with E-state index in [1.807, 2.05) is 31.2 Å². The Morgan fingerprint density at radius 2 is 1.89 bits per heavy atom. The van der Waals surface area contributed by atoms with Crippen LogP contribution in [-0.4, -0.2) is 46.9 Å². The summed E-state index contributed by atoms with van der Waals surface area (Å²) in [5, 5.41) is 2.77. The van der Waals surface area contributed by atoms with Crippen molar-refractivity contribution >= 4 is 21.6 Å². The van der Waals surface area contributed by atoms with Gasteiger partial charge in [-0.2, -0.15) is 0 Å². The molecule has 0 fully saturated rings. The number of methoxy groups -OCH3 is 1. The van der Waals surface area contributed by atoms with Crippen molar-refractivity contribution in [2.45, 2.75) is 19.9 Å². The molecule has 0 unspecified atom stereocenters. The maximum atomic E-state index is 12.4. The van der Waals surface area contributed by atoms with E-state index in [9.17, 15) is 13.2 Å². The average molecular weight is 407 g/mol. The highest BCUT2D eigenvalue weighted by Gasteiger charge is 2.22. The second-order valence-electron chi connectivity index (χ2n) is 6.52. The number of anilines is 1. The molecule has 2 aromatic rings. The summed E-state index contributed by atoms with van der Waals surface area (Å²) >= 11 is 0. The summed E-state index contributed by atoms with van der Waals surface area (Å²) < 4.78 is 36.3. The molecule has 2 rings (SSSR count). The van der Waals surface area contributed by atoms with Crippen LogP contribution in [-0.2, 0) is 14.8 Å². The molecular formula is C20H26N2O5S. The van der Waals surface area contributed by atoms with Gasteiger partial charge in [0.15, 0.2) is 0 Å². The summed E-state index contributed by atoms with van der Waals surface area (Å²) in [6.07, 6.45) is 1.06. The lowest BCUT2D eigenvalue weighted by atomic mass is 10.2. The van der Waals surface area contributed by atoms with Crippen LogP contribution in [0.1, 0.15) is 12.5 Å². The zero-order chi connectivity index (χ0) is 20.7. The minimum Gasteiger partial charge on any atom is -0.497 e. The van der Waals surface area contributed by atoms with E-state index >= 15 is 0 Å². The molecule has 1 atom stereocenters. The number of nitrogens with one attached hydrogen (secondary N) is 1. The predicted octanol–water partition coefficient (Wildman–Crippen LogP) is 2.35. The Hall–Kier alpha value is -2.74. The van der Waals surface area contributed by atoms with Crippen LogP contribution in [0.3, 0.4) is 0 Å². The van der Waals surface area contributed by atoms with Gasteiger partial charge in [-0.05, 0) is 37.6 Å². The van der Waals surface area contributed by atoms with E-state index in [1.54, 1.807) is 31.2 Å². The van der Waals surface area contributed by atoms with E-state index in [1.165, 1.54) is 7.11 Å². The van der Waals surface area contributed by atoms with E-state index < -0.39 is 15.9 Å². The van der Waals surface area contributed by atoms with Crippen molar-refractivity contribution in [1.82, 2.24) is 5.32 Å². The molecule has 0 aliphatic carbocycles. The van der Waals surface area contributed by atoms with Crippen molar-refractivity contribution in [3.8, 4) is 11.5 Å². The topological polar surface area (TPSA) is 84.9 Å². The molecule has 0 aliphatic rings. The SMILES string of the molecule is COc1cccc(N(CC(=O)N[C@@H](C)COc2ccccc2C)S(C)(=O)=O)c1. The molecule has 0 aliphatic heterocycles. The quantitative estimate of drug-likeness (QED) is 0.691. The molecular weight excluding hydrogens is 380 g/mol. The second-order valence-corrected chi connectivity index (χ2v) is 8.42. The van der Waals surface area contributed by atoms with Crippen molar-refractivity contribution < 1.29 is 22.7 Å². The van der Waals surface area contributed by atoms with Gasteiger partial charge >= 0.3 is 0 Å². The van der Waals surface area contributed by atoms with Crippen LogP contribution in [0.4, 0.5) is 5.69 Å². The van der Waals surface area contributed by atoms with Gasteiger partial charge in [-0.1, -0.05) is 24.3 Å². The Bertz CT molecular complexity index is 914. The number of sulfonamides is 1. The molecule has 28 heavy (non-hydrogen) atoms. The molecule has 0 bridgehead atoms. The molecule has 0 radical (unpaired) electrons. The molecule has 7 nitrogen and oxygen atoms in total. The first-order chi connectivity index (χ1) is 13.2. The number of hydrogen-bond acceptors (Lipinski definition) is 5. The van der Waals surface area contributed by atoms with Crippen LogP contribution in [0.2, 0.25) is 0 Å². The maximum Gasteiger partial charge on any atom is 0.241 e. The van der Waals surface area contributed by atoms with Crippen LogP contribution < -0.4 is 19.1 Å². The summed E-state index contributed by atoms with van der Waals surface area (Å²) in [6, 6.07) is 13.9. The second kappa shape index (κ2) is 9.45. The fraction of sp³-hybridized carbons (Fsp3) is 0.350. The summed E-state index contributed by atoms with van der Waals surface area (Å²) in [4.78, 5) is 12.4. The maximum absolute atomic E-state index is 12.4. The normalized spacial score (nSPS) is 12.1. The summed E-state index contributed by atoms with van der Waals surface area (Å²) in [6.45, 7) is 3.68. The van der Waals surface area contributed by atoms with Gasteiger partial charge in [-0.25, -0.2) is 8.42 Å². The molecule has 8 heteroatoms. The highest BCUT2D eigenvalue weighted by Crippen LogP contribution is 2.23. The molecule has 0 heterocycles. The highest BCUT2D eigenvalue weighted by atomic mass is 32.2. The molecule has 1 amide bonds. The first-order valence-electron chi connectivity index (χ1n) is 8.80. The van der Waals surface area contributed by atoms with E-state index in [2.05, 4.69) is 5.32 Å². The van der Waals surface area contributed by atoms with E-state index in [-0.39, 0.29) is 19.2 Å². The van der Waals surface area contributed by atoms with Crippen LogP contribution in [0.5, 0.6) is 11.5 Å². The summed E-state index contributed by atoms with van der Waals surface area (Å²) in [5.41, 5.74) is 1.36. The molecule has 1 N–H and O–H groups in total. The van der Waals surface area contributed by atoms with Crippen LogP contribution in [0, 0.1) is 6.92 Å². The van der Waals surface area contributed by atoms with Gasteiger partial charge < -0.3 is 14.8 Å². The number of ether oxygens (including phenoxy) is 2.